The molecule has 3 aromatic heterocycles. The third kappa shape index (κ3) is 3.51. The third-order valence-electron chi connectivity index (χ3n) is 7.32. The van der Waals surface area contributed by atoms with E-state index in [0.29, 0.717) is 11.8 Å². The summed E-state index contributed by atoms with van der Waals surface area (Å²) >= 11 is 3.58. The van der Waals surface area contributed by atoms with E-state index >= 15 is 0 Å². The Balaban J connectivity index is 1.21. The zero-order valence-corrected chi connectivity index (χ0v) is 20.2. The molecule has 1 aliphatic carbocycles. The van der Waals surface area contributed by atoms with Crippen molar-refractivity contribution in [2.45, 2.75) is 57.9 Å². The van der Waals surface area contributed by atoms with Gasteiger partial charge in [-0.3, -0.25) is 9.69 Å². The standard InChI is InChI=1S/C25H28N4OS2/c1-14-7-8-17-20(13-14)32-25-21(17)23(30)27-22(28-25)15(2)29-11-9-16(10-12-29)24-26-18-5-3-4-6-19(18)31-24/h3-6,14-16H,7-13H2,1-2H3,(H,27,28,30)/t14-,15+/m0/s1. The summed E-state index contributed by atoms with van der Waals surface area (Å²) in [5, 5.41) is 2.12. The molecule has 0 spiro atoms. The number of hydrogen-bond donors (Lipinski definition) is 1. The molecule has 0 unspecified atom stereocenters. The molecule has 2 atom stereocenters. The first-order valence-corrected chi connectivity index (χ1v) is 13.3. The van der Waals surface area contributed by atoms with E-state index in [1.54, 1.807) is 11.3 Å². The summed E-state index contributed by atoms with van der Waals surface area (Å²) in [4.78, 5) is 30.8. The highest BCUT2D eigenvalue weighted by Gasteiger charge is 2.29. The van der Waals surface area contributed by atoms with Gasteiger partial charge in [-0.1, -0.05) is 19.1 Å². The average molecular weight is 465 g/mol. The van der Waals surface area contributed by atoms with Crippen LogP contribution in [-0.4, -0.2) is 32.9 Å². The Morgan fingerprint density at radius 2 is 1.94 bits per heavy atom. The number of aryl methyl sites for hydroxylation is 1. The van der Waals surface area contributed by atoms with Crippen LogP contribution in [0.15, 0.2) is 29.1 Å². The molecule has 32 heavy (non-hydrogen) atoms. The smallest absolute Gasteiger partial charge is 0.259 e. The number of nitrogens with one attached hydrogen (secondary N) is 1. The van der Waals surface area contributed by atoms with Gasteiger partial charge in [0.2, 0.25) is 0 Å². The van der Waals surface area contributed by atoms with Crippen LogP contribution in [0.1, 0.15) is 66.3 Å². The van der Waals surface area contributed by atoms with Crippen LogP contribution < -0.4 is 5.56 Å². The van der Waals surface area contributed by atoms with Gasteiger partial charge in [0, 0.05) is 10.8 Å². The van der Waals surface area contributed by atoms with E-state index in [1.165, 1.54) is 26.6 Å². The number of H-pyrrole nitrogens is 1. The predicted octanol–water partition coefficient (Wildman–Crippen LogP) is 5.66. The minimum absolute atomic E-state index is 0.0493. The quantitative estimate of drug-likeness (QED) is 0.425. The number of thiazole rings is 1. The van der Waals surface area contributed by atoms with Crippen molar-refractivity contribution >= 4 is 43.1 Å². The summed E-state index contributed by atoms with van der Waals surface area (Å²) in [5.41, 5.74) is 2.42. The fourth-order valence-corrected chi connectivity index (χ4v) is 7.86. The van der Waals surface area contributed by atoms with Gasteiger partial charge < -0.3 is 4.98 Å². The molecule has 1 saturated heterocycles. The number of para-hydroxylation sites is 1. The Hall–Kier alpha value is -2.09. The average Bonchev–Trinajstić information content (AvgIpc) is 3.39. The molecule has 0 radical (unpaired) electrons. The highest BCUT2D eigenvalue weighted by molar-refractivity contribution is 7.19. The Labute approximate surface area is 195 Å². The highest BCUT2D eigenvalue weighted by atomic mass is 32.1. The lowest BCUT2D eigenvalue weighted by molar-refractivity contribution is 0.157. The summed E-state index contributed by atoms with van der Waals surface area (Å²) in [6, 6.07) is 8.53. The summed E-state index contributed by atoms with van der Waals surface area (Å²) in [7, 11) is 0. The first-order chi connectivity index (χ1) is 15.6. The van der Waals surface area contributed by atoms with Gasteiger partial charge in [-0.15, -0.1) is 22.7 Å². The fraction of sp³-hybridized carbons (Fsp3) is 0.480. The molecule has 1 aliphatic heterocycles. The Morgan fingerprint density at radius 1 is 1.12 bits per heavy atom. The van der Waals surface area contributed by atoms with Crippen LogP contribution in [0, 0.1) is 5.92 Å². The predicted molar refractivity (Wildman–Crippen MR) is 133 cm³/mol. The number of aromatic nitrogens is 3. The molecule has 4 aromatic rings. The van der Waals surface area contributed by atoms with Crippen molar-refractivity contribution in [1.29, 1.82) is 0 Å². The number of rotatable bonds is 3. The molecule has 5 nitrogen and oxygen atoms in total. The lowest BCUT2D eigenvalue weighted by Gasteiger charge is -2.34. The Bertz CT molecular complexity index is 1310. The largest absolute Gasteiger partial charge is 0.309 e. The van der Waals surface area contributed by atoms with Gasteiger partial charge >= 0.3 is 0 Å². The first-order valence-electron chi connectivity index (χ1n) is 11.7. The molecule has 0 amide bonds. The van der Waals surface area contributed by atoms with Crippen molar-refractivity contribution in [3.8, 4) is 0 Å². The monoisotopic (exact) mass is 464 g/mol. The van der Waals surface area contributed by atoms with Crippen LogP contribution in [-0.2, 0) is 12.8 Å². The first kappa shape index (κ1) is 20.5. The molecule has 166 valence electrons. The second-order valence-corrected chi connectivity index (χ2v) is 11.6. The minimum atomic E-state index is 0.0493. The number of hydrogen-bond acceptors (Lipinski definition) is 6. The summed E-state index contributed by atoms with van der Waals surface area (Å²) < 4.78 is 1.28. The van der Waals surface area contributed by atoms with Crippen molar-refractivity contribution in [3.63, 3.8) is 0 Å². The van der Waals surface area contributed by atoms with Gasteiger partial charge in [-0.2, -0.15) is 0 Å². The van der Waals surface area contributed by atoms with Crippen LogP contribution in [0.25, 0.3) is 20.4 Å². The van der Waals surface area contributed by atoms with Crippen LogP contribution in [0.5, 0.6) is 0 Å². The maximum Gasteiger partial charge on any atom is 0.259 e. The molecular weight excluding hydrogens is 436 g/mol. The molecule has 2 aliphatic rings. The molecule has 0 saturated carbocycles. The van der Waals surface area contributed by atoms with Crippen molar-refractivity contribution in [1.82, 2.24) is 19.9 Å². The number of aromatic amines is 1. The van der Waals surface area contributed by atoms with E-state index < -0.39 is 0 Å². The van der Waals surface area contributed by atoms with Gasteiger partial charge in [-0.05, 0) is 75.7 Å². The normalized spacial score (nSPS) is 21.2. The molecule has 1 aromatic carbocycles. The third-order valence-corrected chi connectivity index (χ3v) is 9.66. The molecule has 4 heterocycles. The number of nitrogens with zero attached hydrogens (tertiary/aromatic N) is 3. The number of thiophene rings is 1. The van der Waals surface area contributed by atoms with E-state index in [-0.39, 0.29) is 11.6 Å². The van der Waals surface area contributed by atoms with E-state index in [1.807, 2.05) is 11.3 Å². The van der Waals surface area contributed by atoms with Crippen LogP contribution >= 0.6 is 22.7 Å². The van der Waals surface area contributed by atoms with Crippen molar-refractivity contribution in [2.75, 3.05) is 13.1 Å². The maximum absolute atomic E-state index is 13.0. The van der Waals surface area contributed by atoms with E-state index in [9.17, 15) is 4.79 Å². The SMILES string of the molecule is C[C@H]1CCc2c(sc3nc([C@@H](C)N4CCC(c5nc6ccccc6s5)CC4)[nH]c(=O)c23)C1. The van der Waals surface area contributed by atoms with Gasteiger partial charge in [-0.25, -0.2) is 9.97 Å². The van der Waals surface area contributed by atoms with Crippen molar-refractivity contribution in [3.05, 3.63) is 55.9 Å². The molecular formula is C25H28N4OS2. The zero-order valence-electron chi connectivity index (χ0n) is 18.6. The Kier molecular flexibility index (Phi) is 5.16. The topological polar surface area (TPSA) is 61.9 Å². The second-order valence-electron chi connectivity index (χ2n) is 9.49. The van der Waals surface area contributed by atoms with Gasteiger partial charge in [0.1, 0.15) is 10.7 Å². The van der Waals surface area contributed by atoms with Crippen molar-refractivity contribution < 1.29 is 0 Å². The van der Waals surface area contributed by atoms with Crippen LogP contribution in [0.2, 0.25) is 0 Å². The molecule has 7 heteroatoms. The van der Waals surface area contributed by atoms with Crippen LogP contribution in [0.3, 0.4) is 0 Å². The Morgan fingerprint density at radius 3 is 2.75 bits per heavy atom. The molecule has 1 N–H and O–H groups in total. The van der Waals surface area contributed by atoms with E-state index in [2.05, 4.69) is 48.0 Å². The van der Waals surface area contributed by atoms with Gasteiger partial charge in [0.05, 0.1) is 26.7 Å². The molecule has 6 rings (SSSR count). The van der Waals surface area contributed by atoms with Gasteiger partial charge in [0.25, 0.3) is 5.56 Å². The maximum atomic E-state index is 13.0. The minimum Gasteiger partial charge on any atom is -0.309 e. The lowest BCUT2D eigenvalue weighted by atomic mass is 9.89. The number of benzene rings is 1. The second kappa shape index (κ2) is 8.04. The van der Waals surface area contributed by atoms with E-state index in [4.69, 9.17) is 9.97 Å². The van der Waals surface area contributed by atoms with E-state index in [0.717, 1.165) is 60.3 Å². The molecule has 1 fully saturated rings. The number of fused-ring (bicyclic) bond motifs is 4. The summed E-state index contributed by atoms with van der Waals surface area (Å²) in [5.74, 6) is 2.04. The fourth-order valence-electron chi connectivity index (χ4n) is 5.33. The summed E-state index contributed by atoms with van der Waals surface area (Å²) in [6.07, 6.45) is 5.46. The van der Waals surface area contributed by atoms with Gasteiger partial charge in [0.15, 0.2) is 0 Å². The zero-order chi connectivity index (χ0) is 21.8. The molecule has 0 bridgehead atoms. The summed E-state index contributed by atoms with van der Waals surface area (Å²) in [6.45, 7) is 6.48. The van der Waals surface area contributed by atoms with Crippen molar-refractivity contribution in [2.24, 2.45) is 5.92 Å². The number of likely N-dealkylation sites (tertiary alicyclic amines) is 1. The van der Waals surface area contributed by atoms with Crippen LogP contribution in [0.4, 0.5) is 0 Å². The number of piperidine rings is 1. The highest BCUT2D eigenvalue weighted by Crippen LogP contribution is 2.38. The lowest BCUT2D eigenvalue weighted by Crippen LogP contribution is -2.36.